The number of halogens is 1. The molecule has 0 spiro atoms. The molecule has 0 atom stereocenters. The zero-order chi connectivity index (χ0) is 9.68. The van der Waals surface area contributed by atoms with Crippen LogP contribution in [-0.2, 0) is 6.42 Å². The van der Waals surface area contributed by atoms with Gasteiger partial charge in [-0.3, -0.25) is 0 Å². The van der Waals surface area contributed by atoms with Gasteiger partial charge in [-0.1, -0.05) is 11.6 Å². The van der Waals surface area contributed by atoms with Crippen molar-refractivity contribution in [3.63, 3.8) is 0 Å². The van der Waals surface area contributed by atoms with Crippen molar-refractivity contribution in [2.75, 3.05) is 20.7 Å². The van der Waals surface area contributed by atoms with E-state index in [9.17, 15) is 0 Å². The van der Waals surface area contributed by atoms with E-state index < -0.39 is 0 Å². The Kier molecular flexibility index (Phi) is 3.99. The Bertz CT molecular complexity index is 278. The molecule has 0 aliphatic carbocycles. The summed E-state index contributed by atoms with van der Waals surface area (Å²) in [6.45, 7) is 0.921. The predicted molar refractivity (Wildman–Crippen MR) is 53.4 cm³/mol. The molecular weight excluding hydrogens is 188 g/mol. The van der Waals surface area contributed by atoms with E-state index in [0.29, 0.717) is 10.9 Å². The normalized spacial score (nSPS) is 10.1. The van der Waals surface area contributed by atoms with Crippen molar-refractivity contribution < 1.29 is 4.74 Å². The molecule has 0 fully saturated rings. The molecule has 13 heavy (non-hydrogen) atoms. The monoisotopic (exact) mass is 200 g/mol. The molecule has 3 nitrogen and oxygen atoms in total. The quantitative estimate of drug-likeness (QED) is 0.800. The van der Waals surface area contributed by atoms with Crippen LogP contribution in [0.5, 0.6) is 5.88 Å². The number of ether oxygens (including phenoxy) is 1. The van der Waals surface area contributed by atoms with E-state index in [0.717, 1.165) is 18.5 Å². The number of rotatable bonds is 4. The van der Waals surface area contributed by atoms with Crippen LogP contribution in [0, 0.1) is 0 Å². The van der Waals surface area contributed by atoms with E-state index in [-0.39, 0.29) is 0 Å². The van der Waals surface area contributed by atoms with Crippen molar-refractivity contribution in [1.82, 2.24) is 10.3 Å². The lowest BCUT2D eigenvalue weighted by atomic mass is 10.2. The zero-order valence-electron chi connectivity index (χ0n) is 7.80. The molecule has 1 heterocycles. The number of pyridine rings is 1. The smallest absolute Gasteiger partial charge is 0.232 e. The van der Waals surface area contributed by atoms with Gasteiger partial charge in [-0.2, -0.15) is 0 Å². The molecule has 0 aromatic carbocycles. The lowest BCUT2D eigenvalue weighted by molar-refractivity contribution is 0.398. The van der Waals surface area contributed by atoms with Crippen molar-refractivity contribution in [3.8, 4) is 5.88 Å². The first-order chi connectivity index (χ1) is 6.27. The molecular formula is C9H13ClN2O. The summed E-state index contributed by atoms with van der Waals surface area (Å²) in [5.74, 6) is 0.481. The number of hydrogen-bond donors (Lipinski definition) is 1. The van der Waals surface area contributed by atoms with Crippen LogP contribution in [0.4, 0.5) is 0 Å². The molecule has 1 aromatic heterocycles. The van der Waals surface area contributed by atoms with Gasteiger partial charge >= 0.3 is 0 Å². The summed E-state index contributed by atoms with van der Waals surface area (Å²) in [5.41, 5.74) is 1.11. The van der Waals surface area contributed by atoms with Gasteiger partial charge in [-0.05, 0) is 31.6 Å². The molecule has 0 aliphatic rings. The molecule has 0 saturated heterocycles. The summed E-state index contributed by atoms with van der Waals surface area (Å²) < 4.78 is 4.95. The summed E-state index contributed by atoms with van der Waals surface area (Å²) in [7, 11) is 3.47. The highest BCUT2D eigenvalue weighted by atomic mass is 35.5. The Hall–Kier alpha value is -0.800. The molecule has 1 N–H and O–H groups in total. The van der Waals surface area contributed by atoms with Crippen LogP contribution < -0.4 is 10.1 Å². The van der Waals surface area contributed by atoms with Gasteiger partial charge in [0.1, 0.15) is 5.02 Å². The molecule has 0 unspecified atom stereocenters. The number of nitrogens with zero attached hydrogens (tertiary/aromatic N) is 1. The molecule has 0 bridgehead atoms. The molecule has 1 aromatic rings. The Balaban J connectivity index is 2.71. The van der Waals surface area contributed by atoms with E-state index in [1.54, 1.807) is 13.3 Å². The molecule has 0 saturated carbocycles. The van der Waals surface area contributed by atoms with Crippen LogP contribution in [0.3, 0.4) is 0 Å². The predicted octanol–water partition coefficient (Wildman–Crippen LogP) is 1.51. The third kappa shape index (κ3) is 2.86. The summed E-state index contributed by atoms with van der Waals surface area (Å²) >= 11 is 5.90. The fourth-order valence-corrected chi connectivity index (χ4v) is 1.29. The molecule has 0 radical (unpaired) electrons. The zero-order valence-corrected chi connectivity index (χ0v) is 8.56. The van der Waals surface area contributed by atoms with Crippen LogP contribution >= 0.6 is 11.6 Å². The maximum absolute atomic E-state index is 5.90. The Morgan fingerprint density at radius 1 is 1.62 bits per heavy atom. The van der Waals surface area contributed by atoms with Gasteiger partial charge in [-0.15, -0.1) is 0 Å². The summed E-state index contributed by atoms with van der Waals surface area (Å²) in [6, 6.07) is 1.88. The highest BCUT2D eigenvalue weighted by Gasteiger charge is 2.02. The maximum atomic E-state index is 5.90. The molecule has 0 aliphatic heterocycles. The Morgan fingerprint density at radius 3 is 2.92 bits per heavy atom. The third-order valence-electron chi connectivity index (χ3n) is 1.72. The van der Waals surface area contributed by atoms with Crippen LogP contribution in [0.15, 0.2) is 12.3 Å². The number of hydrogen-bond acceptors (Lipinski definition) is 3. The fourth-order valence-electron chi connectivity index (χ4n) is 1.02. The topological polar surface area (TPSA) is 34.2 Å². The van der Waals surface area contributed by atoms with Gasteiger partial charge in [0.15, 0.2) is 0 Å². The number of nitrogens with one attached hydrogen (secondary N) is 1. The van der Waals surface area contributed by atoms with Crippen molar-refractivity contribution in [2.45, 2.75) is 6.42 Å². The van der Waals surface area contributed by atoms with Crippen LogP contribution in [0.1, 0.15) is 5.56 Å². The summed E-state index contributed by atoms with van der Waals surface area (Å²) in [4.78, 5) is 4.07. The van der Waals surface area contributed by atoms with Crippen LogP contribution in [-0.4, -0.2) is 25.7 Å². The van der Waals surface area contributed by atoms with Gasteiger partial charge in [0.05, 0.1) is 7.11 Å². The minimum absolute atomic E-state index is 0.481. The van der Waals surface area contributed by atoms with Crippen molar-refractivity contribution in [2.24, 2.45) is 0 Å². The number of methoxy groups -OCH3 is 1. The number of likely N-dealkylation sites (N-methyl/N-ethyl adjacent to an activating group) is 1. The first-order valence-corrected chi connectivity index (χ1v) is 4.48. The summed E-state index contributed by atoms with van der Waals surface area (Å²) in [5, 5.41) is 3.63. The van der Waals surface area contributed by atoms with E-state index in [4.69, 9.17) is 16.3 Å². The average molecular weight is 201 g/mol. The Morgan fingerprint density at radius 2 is 2.38 bits per heavy atom. The number of aromatic nitrogens is 1. The lowest BCUT2D eigenvalue weighted by Gasteiger charge is -2.04. The third-order valence-corrected chi connectivity index (χ3v) is 1.99. The van der Waals surface area contributed by atoms with Crippen molar-refractivity contribution >= 4 is 11.6 Å². The van der Waals surface area contributed by atoms with E-state index in [2.05, 4.69) is 10.3 Å². The second-order valence-electron chi connectivity index (χ2n) is 2.69. The van der Waals surface area contributed by atoms with Gasteiger partial charge in [0, 0.05) is 6.20 Å². The molecule has 4 heteroatoms. The van der Waals surface area contributed by atoms with Gasteiger partial charge in [0.25, 0.3) is 0 Å². The molecule has 1 rings (SSSR count). The molecule has 72 valence electrons. The van der Waals surface area contributed by atoms with Crippen molar-refractivity contribution in [3.05, 3.63) is 22.8 Å². The van der Waals surface area contributed by atoms with Crippen LogP contribution in [0.2, 0.25) is 5.02 Å². The van der Waals surface area contributed by atoms with Gasteiger partial charge < -0.3 is 10.1 Å². The van der Waals surface area contributed by atoms with Gasteiger partial charge in [0.2, 0.25) is 5.88 Å². The van der Waals surface area contributed by atoms with Crippen molar-refractivity contribution in [1.29, 1.82) is 0 Å². The largest absolute Gasteiger partial charge is 0.480 e. The standard InChI is InChI=1S/C9H13ClN2O/c1-11-4-3-7-5-8(10)9(13-2)12-6-7/h5-6,11H,3-4H2,1-2H3. The van der Waals surface area contributed by atoms with Gasteiger partial charge in [-0.25, -0.2) is 4.98 Å². The van der Waals surface area contributed by atoms with E-state index >= 15 is 0 Å². The average Bonchev–Trinajstić information content (AvgIpc) is 2.15. The lowest BCUT2D eigenvalue weighted by Crippen LogP contribution is -2.10. The highest BCUT2D eigenvalue weighted by Crippen LogP contribution is 2.21. The van der Waals surface area contributed by atoms with E-state index in [1.165, 1.54) is 0 Å². The second kappa shape index (κ2) is 5.04. The maximum Gasteiger partial charge on any atom is 0.232 e. The summed E-state index contributed by atoms with van der Waals surface area (Å²) in [6.07, 6.45) is 2.70. The minimum atomic E-state index is 0.481. The minimum Gasteiger partial charge on any atom is -0.480 e. The first kappa shape index (κ1) is 10.3. The second-order valence-corrected chi connectivity index (χ2v) is 3.10. The SMILES string of the molecule is CNCCc1cnc(OC)c(Cl)c1. The van der Waals surface area contributed by atoms with Crippen LogP contribution in [0.25, 0.3) is 0 Å². The highest BCUT2D eigenvalue weighted by molar-refractivity contribution is 6.31. The van der Waals surface area contributed by atoms with E-state index in [1.807, 2.05) is 13.1 Å². The first-order valence-electron chi connectivity index (χ1n) is 4.11. The molecule has 0 amide bonds. The fraction of sp³-hybridized carbons (Fsp3) is 0.444. The Labute approximate surface area is 83.1 Å².